The second kappa shape index (κ2) is 42.9. The third-order valence-corrected chi connectivity index (χ3v) is 43.0. The number of hydrogen-bond acceptors (Lipinski definition) is 0. The van der Waals surface area contributed by atoms with Crippen LogP contribution in [0.2, 0.25) is 16.4 Å². The fraction of sp³-hybridized carbons (Fsp3) is 0.625. The molecule has 10 aliphatic rings. The molecule has 0 nitrogen and oxygen atoms in total. The van der Waals surface area contributed by atoms with Crippen LogP contribution >= 0.6 is 260 Å². The van der Waals surface area contributed by atoms with Gasteiger partial charge in [-0.1, -0.05) is 251 Å². The summed E-state index contributed by atoms with van der Waals surface area (Å²) in [5, 5.41) is 2.32. The number of benzene rings is 3. The first-order chi connectivity index (χ1) is 41.8. The topological polar surface area (TPSA) is 0 Å². The molecule has 516 valence electrons. The number of halogens is 18. The Morgan fingerprint density at radius 1 is 0.522 bits per heavy atom. The molecule has 28 heteroatoms. The van der Waals surface area contributed by atoms with E-state index in [9.17, 15) is 0 Å². The van der Waals surface area contributed by atoms with E-state index in [2.05, 4.69) is 251 Å². The van der Waals surface area contributed by atoms with Crippen molar-refractivity contribution in [3.63, 3.8) is 0 Å². The molecule has 8 fully saturated rings. The standard InChI is InChI=1S/C16H19BClIP.C11H18BClIP.C9H11BClIP.C9H11Cl.C7H8.C4H10BClIP.C4H9Cl.C4H8.8ClH.2Ti/c1-16(2,9-6-4-3-5-7-9)20(19)17-14-11-8-10-12(14)13(10)15(11)18;1-11(2,3)12(14)15-10-6-4-5-7(8(5)10)9(6)13;1-9(2,13(12)10-11)8-6-4-3-5-7-8;1-9(2,10)8-6-4-3-5-7-8;1-2-7-4-3-6(1)5-7;1-4(2,3)5(7)8-6;1-4(2,3)5;1-4(2)3;;;;;;;;;;/h3-7,10-15H,8H2,1-2H3;5-10,15H,4H2,1-3H3;3-7H,1-2H3;3-7H,1-2H3;1-4,6-7H,5H2;8H,1-3H3;1-3H3;1H2,2-3H3;8*1H;;/q;;;;;;;;;;;;;;;;2*+4/p-8. The Labute approximate surface area is 688 Å². The molecule has 10 bridgehead atoms. The molecule has 10 aliphatic carbocycles. The van der Waals surface area contributed by atoms with Crippen molar-refractivity contribution in [1.29, 1.82) is 0 Å². The Hall–Kier alpha value is 7.27. The molecule has 2 radical (unpaired) electrons. The summed E-state index contributed by atoms with van der Waals surface area (Å²) in [7, 11) is 41.8. The van der Waals surface area contributed by atoms with Gasteiger partial charge in [-0.3, -0.25) is 0 Å². The molecule has 0 heterocycles. The van der Waals surface area contributed by atoms with Gasteiger partial charge in [-0.05, 0) is 168 Å². The van der Waals surface area contributed by atoms with E-state index in [-0.39, 0.29) is 30.9 Å². The molecule has 13 rings (SSSR count). The van der Waals surface area contributed by atoms with E-state index < -0.39 is 24.7 Å². The summed E-state index contributed by atoms with van der Waals surface area (Å²) in [6.07, 6.45) is 15.2. The number of fused-ring (bicyclic) bond motifs is 2. The van der Waals surface area contributed by atoms with Gasteiger partial charge in [0.25, 0.3) is 10.7 Å². The van der Waals surface area contributed by atoms with E-state index in [0.29, 0.717) is 33.5 Å². The number of alkyl halides is 4. The molecule has 8 saturated carbocycles. The van der Waals surface area contributed by atoms with Crippen LogP contribution in [0.1, 0.15) is 154 Å². The monoisotopic (exact) mass is 2120 g/mol. The molecule has 0 aromatic heterocycles. The Kier molecular flexibility index (Phi) is 44.4. The van der Waals surface area contributed by atoms with Crippen LogP contribution in [0.25, 0.3) is 0 Å². The molecule has 0 aliphatic heterocycles. The zero-order valence-electron chi connectivity index (χ0n) is 55.9. The van der Waals surface area contributed by atoms with Crippen LogP contribution in [-0.4, -0.2) is 43.3 Å². The number of rotatable bonds is 11. The van der Waals surface area contributed by atoms with Gasteiger partial charge < -0.3 is 0 Å². The average Bonchev–Trinajstić information content (AvgIpc) is 1.52. The summed E-state index contributed by atoms with van der Waals surface area (Å²) < 4.78 is 1.45. The minimum absolute atomic E-state index is 0.0278. The van der Waals surface area contributed by atoms with Crippen molar-refractivity contribution in [2.45, 2.75) is 190 Å². The van der Waals surface area contributed by atoms with Crippen molar-refractivity contribution in [1.82, 2.24) is 0 Å². The fourth-order valence-electron chi connectivity index (χ4n) is 11.8. The van der Waals surface area contributed by atoms with Crippen molar-refractivity contribution in [3.05, 3.63) is 144 Å². The van der Waals surface area contributed by atoms with E-state index >= 15 is 0 Å². The third kappa shape index (κ3) is 35.5. The van der Waals surface area contributed by atoms with Gasteiger partial charge in [-0.2, -0.15) is 11.5 Å². The zero-order valence-corrected chi connectivity index (χ0v) is 82.0. The second-order valence-electron chi connectivity index (χ2n) is 29.2. The first-order valence-electron chi connectivity index (χ1n) is 30.7. The van der Waals surface area contributed by atoms with Crippen molar-refractivity contribution >= 4 is 282 Å². The molecule has 0 N–H and O–H groups in total. The van der Waals surface area contributed by atoms with E-state index in [1.54, 1.807) is 6.41 Å². The minimum atomic E-state index is -3.11. The quantitative estimate of drug-likeness (QED) is 0.0590. The van der Waals surface area contributed by atoms with E-state index in [4.69, 9.17) is 144 Å². The van der Waals surface area contributed by atoms with Crippen LogP contribution in [0, 0.1) is 59.2 Å². The van der Waals surface area contributed by atoms with Gasteiger partial charge in [0.05, 0.1) is 4.87 Å². The second-order valence-corrected chi connectivity index (χ2v) is 81.9. The fourth-order valence-corrected chi connectivity index (χ4v) is 23.6. The van der Waals surface area contributed by atoms with Crippen LogP contribution in [-0.2, 0) is 39.9 Å². The van der Waals surface area contributed by atoms with Crippen molar-refractivity contribution < 1.29 is 24.7 Å². The molecule has 3 aromatic carbocycles. The van der Waals surface area contributed by atoms with Crippen LogP contribution in [0.15, 0.2) is 127 Å². The maximum atomic E-state index is 6.59. The summed E-state index contributed by atoms with van der Waals surface area (Å²) in [5.41, 5.74) is 5.73. The molecule has 0 spiro atoms. The number of allylic oxidation sites excluding steroid dienone is 5. The van der Waals surface area contributed by atoms with Crippen molar-refractivity contribution in [2.75, 3.05) is 0 Å². The molecule has 16 unspecified atom stereocenters. The van der Waals surface area contributed by atoms with Crippen LogP contribution in [0.3, 0.4) is 0 Å². The predicted octanol–water partition coefficient (Wildman–Crippen LogP) is 32.0. The Morgan fingerprint density at radius 3 is 1.04 bits per heavy atom. The van der Waals surface area contributed by atoms with Gasteiger partial charge in [0.15, 0.2) is 7.00 Å². The summed E-state index contributed by atoms with van der Waals surface area (Å²) in [4.78, 5) is -0.263. The van der Waals surface area contributed by atoms with Gasteiger partial charge >= 0.3 is 99.1 Å². The molecule has 3 aromatic rings. The first-order valence-corrected chi connectivity index (χ1v) is 64.1. The van der Waals surface area contributed by atoms with Gasteiger partial charge in [0, 0.05) is 25.9 Å². The summed E-state index contributed by atoms with van der Waals surface area (Å²) >= 11 is 40.1. The summed E-state index contributed by atoms with van der Waals surface area (Å²) in [5.74, 6) is 9.99. The predicted molar refractivity (Wildman–Crippen MR) is 472 cm³/mol. The maximum absolute atomic E-state index is 6.59. The van der Waals surface area contributed by atoms with Crippen molar-refractivity contribution in [3.8, 4) is 0 Å². The average molecular weight is 2130 g/mol. The molecule has 16 atom stereocenters. The molecule has 92 heavy (non-hydrogen) atoms. The van der Waals surface area contributed by atoms with E-state index in [1.807, 2.05) is 84.9 Å². The Balaban J connectivity index is 0.000000365. The molecule has 0 amide bonds. The van der Waals surface area contributed by atoms with E-state index in [0.717, 1.165) is 89.0 Å². The normalized spacial score (nSPS) is 27.6. The Bertz CT molecular complexity index is 2610. The zero-order chi connectivity index (χ0) is 71.1. The van der Waals surface area contributed by atoms with E-state index in [1.165, 1.54) is 36.0 Å². The summed E-state index contributed by atoms with van der Waals surface area (Å²) in [6, 6.07) is 31.6. The van der Waals surface area contributed by atoms with Gasteiger partial charge in [-0.25, -0.2) is 0 Å². The van der Waals surface area contributed by atoms with Gasteiger partial charge in [0.1, 0.15) is 0 Å². The van der Waals surface area contributed by atoms with Crippen LogP contribution in [0.4, 0.5) is 0 Å². The van der Waals surface area contributed by atoms with Gasteiger partial charge in [0.2, 0.25) is 4.29 Å². The number of hydrogen-bond donors (Lipinski definition) is 0. The van der Waals surface area contributed by atoms with Gasteiger partial charge in [-0.15, -0.1) is 117 Å². The molecule has 0 saturated heterocycles. The first kappa shape index (κ1) is 95.3. The van der Waals surface area contributed by atoms with Crippen LogP contribution in [0.5, 0.6) is 0 Å². The Morgan fingerprint density at radius 2 is 0.837 bits per heavy atom. The molecular formula is C64H94B4Cl14I4P4Ti2. The summed E-state index contributed by atoms with van der Waals surface area (Å²) in [6.45, 7) is 43.1. The van der Waals surface area contributed by atoms with Crippen LogP contribution < -0.4 is 0 Å². The van der Waals surface area contributed by atoms with Crippen molar-refractivity contribution in [2.24, 2.45) is 59.2 Å². The third-order valence-electron chi connectivity index (χ3n) is 16.6. The SMILES string of the molecule is C1=CC2C=CC1C2.C=C(C)C.CC(C)(C)B(I)PC1C2CC3C(C2Cl)C31.CC(C)(C)B(I)PCl.CC(C)(C)Cl.CC(C)(Cl)c1ccccc1.CC(C)(c1ccccc1)P(I)[B]C1C2CC3C(C2Cl)C13.CC(C)(c1ccccc1)P(I)[B]Cl.[Cl][Ti]([Cl])([Cl])[Cl].[Cl][Ti]([Cl])([Cl])[Cl]. The molecular weight excluding hydrogens is 2040 g/mol.